The predicted molar refractivity (Wildman–Crippen MR) is 93.4 cm³/mol. The Morgan fingerprint density at radius 2 is 1.67 bits per heavy atom. The lowest BCUT2D eigenvalue weighted by molar-refractivity contribution is 0.104. The van der Waals surface area contributed by atoms with Gasteiger partial charge in [0.1, 0.15) is 0 Å². The Bertz CT molecular complexity index is 888. The highest BCUT2D eigenvalue weighted by Gasteiger charge is 2.29. The topological polar surface area (TPSA) is 75.6 Å². The number of nitrogens with zero attached hydrogens (tertiary/aromatic N) is 1. The van der Waals surface area contributed by atoms with Gasteiger partial charge in [-0.1, -0.05) is 60.7 Å². The van der Waals surface area contributed by atoms with Crippen LogP contribution in [-0.2, 0) is 9.84 Å². The van der Waals surface area contributed by atoms with E-state index in [0.29, 0.717) is 11.3 Å². The van der Waals surface area contributed by atoms with E-state index in [9.17, 15) is 13.2 Å². The monoisotopic (exact) mass is 340 g/mol. The van der Waals surface area contributed by atoms with Crippen LogP contribution in [0.4, 0.5) is 0 Å². The van der Waals surface area contributed by atoms with Crippen molar-refractivity contribution in [3.63, 3.8) is 0 Å². The first kappa shape index (κ1) is 16.1. The highest BCUT2D eigenvalue weighted by atomic mass is 32.2. The van der Waals surface area contributed by atoms with Crippen LogP contribution < -0.4 is 5.43 Å². The lowest BCUT2D eigenvalue weighted by Crippen LogP contribution is -2.28. The molecule has 122 valence electrons. The molecule has 6 heteroatoms. The molecular formula is C18H16N2O3S. The van der Waals surface area contributed by atoms with Crippen LogP contribution >= 0.6 is 0 Å². The summed E-state index contributed by atoms with van der Waals surface area (Å²) in [4.78, 5) is 12.0. The zero-order valence-electron chi connectivity index (χ0n) is 12.8. The Labute approximate surface area is 140 Å². The number of ketones is 1. The number of carbonyl (C=O) groups excluding carboxylic acids is 1. The Kier molecular flexibility index (Phi) is 4.57. The molecule has 0 amide bonds. The second-order valence-electron chi connectivity index (χ2n) is 5.37. The molecule has 0 radical (unpaired) electrons. The van der Waals surface area contributed by atoms with Crippen LogP contribution in [-0.4, -0.2) is 25.3 Å². The molecule has 0 bridgehead atoms. The number of hydrogen-bond donors (Lipinski definition) is 1. The van der Waals surface area contributed by atoms with Gasteiger partial charge in [0, 0.05) is 17.4 Å². The first-order chi connectivity index (χ1) is 11.6. The minimum absolute atomic E-state index is 0.260. The van der Waals surface area contributed by atoms with Crippen molar-refractivity contribution in [1.29, 1.82) is 0 Å². The van der Waals surface area contributed by atoms with Gasteiger partial charge in [0.15, 0.2) is 21.0 Å². The molecule has 1 unspecified atom stereocenters. The predicted octanol–water partition coefficient (Wildman–Crippen LogP) is 2.52. The Morgan fingerprint density at radius 3 is 2.33 bits per heavy atom. The van der Waals surface area contributed by atoms with Crippen molar-refractivity contribution >= 4 is 21.3 Å². The van der Waals surface area contributed by atoms with E-state index in [-0.39, 0.29) is 12.2 Å². The van der Waals surface area contributed by atoms with Crippen molar-refractivity contribution in [2.45, 2.75) is 11.8 Å². The first-order valence-corrected chi connectivity index (χ1v) is 9.06. The summed E-state index contributed by atoms with van der Waals surface area (Å²) < 4.78 is 24.7. The molecule has 2 aromatic carbocycles. The second kappa shape index (κ2) is 6.80. The summed E-state index contributed by atoms with van der Waals surface area (Å²) in [6.07, 6.45) is 1.35. The van der Waals surface area contributed by atoms with Crippen LogP contribution in [0.1, 0.15) is 22.3 Å². The van der Waals surface area contributed by atoms with Gasteiger partial charge < -0.3 is 0 Å². The second-order valence-corrected chi connectivity index (χ2v) is 7.39. The van der Waals surface area contributed by atoms with E-state index in [2.05, 4.69) is 10.5 Å². The van der Waals surface area contributed by atoms with Crippen molar-refractivity contribution < 1.29 is 13.2 Å². The summed E-state index contributed by atoms with van der Waals surface area (Å²) in [6, 6.07) is 17.9. The zero-order valence-corrected chi connectivity index (χ0v) is 13.6. The highest BCUT2D eigenvalue weighted by molar-refractivity contribution is 7.94. The normalized spacial score (nSPS) is 17.5. The summed E-state index contributed by atoms with van der Waals surface area (Å²) in [7, 11) is -3.63. The number of hydrogen-bond acceptors (Lipinski definition) is 5. The fourth-order valence-electron chi connectivity index (χ4n) is 2.37. The molecule has 2 aromatic rings. The highest BCUT2D eigenvalue weighted by Crippen LogP contribution is 2.17. The van der Waals surface area contributed by atoms with Gasteiger partial charge in [-0.3, -0.25) is 10.2 Å². The molecular weight excluding hydrogens is 324 g/mol. The number of rotatable bonds is 5. The molecule has 0 saturated carbocycles. The molecule has 0 aromatic heterocycles. The number of sulfone groups is 1. The SMILES string of the molecule is O=C(/C=C/S(=O)(=O)C1CC(c2ccccc2)=NN1)c1ccccc1. The van der Waals surface area contributed by atoms with Crippen LogP contribution in [0.3, 0.4) is 0 Å². The molecule has 1 N–H and O–H groups in total. The summed E-state index contributed by atoms with van der Waals surface area (Å²) in [5.74, 6) is -0.346. The summed E-state index contributed by atoms with van der Waals surface area (Å²) in [5, 5.41) is 4.22. The van der Waals surface area contributed by atoms with Gasteiger partial charge in [0.25, 0.3) is 0 Å². The van der Waals surface area contributed by atoms with Gasteiger partial charge in [0.2, 0.25) is 0 Å². The smallest absolute Gasteiger partial charge is 0.194 e. The number of allylic oxidation sites excluding steroid dienone is 1. The Morgan fingerprint density at radius 1 is 1.04 bits per heavy atom. The standard InChI is InChI=1S/C18H16N2O3S/c21-17(15-9-5-2-6-10-15)11-12-24(22,23)18-13-16(19-20-18)14-7-3-1-4-8-14/h1-12,18,20H,13H2/b12-11+. The van der Waals surface area contributed by atoms with E-state index in [1.807, 2.05) is 30.3 Å². The zero-order chi connectivity index (χ0) is 17.0. The molecule has 1 aliphatic heterocycles. The van der Waals surface area contributed by atoms with E-state index in [1.54, 1.807) is 30.3 Å². The van der Waals surface area contributed by atoms with Gasteiger partial charge in [0.05, 0.1) is 5.71 Å². The minimum Gasteiger partial charge on any atom is -0.291 e. The molecule has 1 atom stereocenters. The van der Waals surface area contributed by atoms with Crippen LogP contribution in [0.15, 0.2) is 77.2 Å². The van der Waals surface area contributed by atoms with Crippen LogP contribution in [0, 0.1) is 0 Å². The maximum Gasteiger partial charge on any atom is 0.194 e. The van der Waals surface area contributed by atoms with Crippen molar-refractivity contribution in [3.05, 3.63) is 83.3 Å². The number of nitrogens with one attached hydrogen (secondary N) is 1. The van der Waals surface area contributed by atoms with E-state index < -0.39 is 15.2 Å². The molecule has 3 rings (SSSR count). The molecule has 0 saturated heterocycles. The van der Waals surface area contributed by atoms with Crippen LogP contribution in [0.5, 0.6) is 0 Å². The van der Waals surface area contributed by atoms with Crippen molar-refractivity contribution in [2.75, 3.05) is 0 Å². The quantitative estimate of drug-likeness (QED) is 0.670. The van der Waals surface area contributed by atoms with Gasteiger partial charge in [-0.05, 0) is 11.6 Å². The van der Waals surface area contributed by atoms with Crippen LogP contribution in [0.25, 0.3) is 0 Å². The minimum atomic E-state index is -3.63. The molecule has 24 heavy (non-hydrogen) atoms. The first-order valence-electron chi connectivity index (χ1n) is 7.45. The van der Waals surface area contributed by atoms with E-state index in [1.165, 1.54) is 0 Å². The van der Waals surface area contributed by atoms with E-state index in [0.717, 1.165) is 17.0 Å². The van der Waals surface area contributed by atoms with Gasteiger partial charge >= 0.3 is 0 Å². The fourth-order valence-corrected chi connectivity index (χ4v) is 3.46. The average Bonchev–Trinajstić information content (AvgIpc) is 3.12. The third kappa shape index (κ3) is 3.60. The van der Waals surface area contributed by atoms with Crippen LogP contribution in [0.2, 0.25) is 0 Å². The lowest BCUT2D eigenvalue weighted by Gasteiger charge is -2.07. The summed E-state index contributed by atoms with van der Waals surface area (Å²) in [6.45, 7) is 0. The van der Waals surface area contributed by atoms with Gasteiger partial charge in [-0.2, -0.15) is 5.10 Å². The molecule has 0 aliphatic carbocycles. The summed E-state index contributed by atoms with van der Waals surface area (Å²) >= 11 is 0. The third-order valence-electron chi connectivity index (χ3n) is 3.69. The Hall–Kier alpha value is -2.73. The number of hydrazone groups is 1. The largest absolute Gasteiger partial charge is 0.291 e. The average molecular weight is 340 g/mol. The summed E-state index contributed by atoms with van der Waals surface area (Å²) in [5.41, 5.74) is 4.66. The molecule has 5 nitrogen and oxygen atoms in total. The van der Waals surface area contributed by atoms with Crippen molar-refractivity contribution in [1.82, 2.24) is 5.43 Å². The van der Waals surface area contributed by atoms with Gasteiger partial charge in [-0.25, -0.2) is 8.42 Å². The lowest BCUT2D eigenvalue weighted by atomic mass is 10.1. The maximum atomic E-state index is 12.4. The number of benzene rings is 2. The molecule has 0 fully saturated rings. The molecule has 1 heterocycles. The molecule has 0 spiro atoms. The van der Waals surface area contributed by atoms with Crippen molar-refractivity contribution in [2.24, 2.45) is 5.10 Å². The fraction of sp³-hybridized carbons (Fsp3) is 0.111. The van der Waals surface area contributed by atoms with E-state index in [4.69, 9.17) is 0 Å². The maximum absolute atomic E-state index is 12.4. The number of carbonyl (C=O) groups is 1. The molecule has 1 aliphatic rings. The third-order valence-corrected chi connectivity index (χ3v) is 5.27. The van der Waals surface area contributed by atoms with E-state index >= 15 is 0 Å². The Balaban J connectivity index is 1.69. The van der Waals surface area contributed by atoms with Gasteiger partial charge in [-0.15, -0.1) is 0 Å². The van der Waals surface area contributed by atoms with Crippen molar-refractivity contribution in [3.8, 4) is 0 Å².